The fourth-order valence-electron chi connectivity index (χ4n) is 2.96. The Morgan fingerprint density at radius 1 is 1.52 bits per heavy atom. The molecule has 5 heteroatoms. The number of nitrogens with two attached hydrogens (primary N) is 1. The molecule has 2 unspecified atom stereocenters. The average Bonchev–Trinajstić information content (AvgIpc) is 2.75. The molecule has 2 aliphatic heterocycles. The first-order valence-corrected chi connectivity index (χ1v) is 8.42. The van der Waals surface area contributed by atoms with Gasteiger partial charge in [-0.3, -0.25) is 4.79 Å². The molecule has 1 amide bonds. The standard InChI is InChI=1S/C16H22N2O2S/c1-11-3-4-14-12(7-11)8-15(21-14)16(19)18-5-2-6-20-13(9-17)10-18/h3-4,7,13,15H,2,5-6,8-10,17H2,1H3. The molecule has 1 saturated heterocycles. The minimum absolute atomic E-state index is 0.0123. The van der Waals surface area contributed by atoms with Gasteiger partial charge >= 0.3 is 0 Å². The van der Waals surface area contributed by atoms with Gasteiger partial charge in [0.05, 0.1) is 11.4 Å². The van der Waals surface area contributed by atoms with Crippen LogP contribution in [-0.4, -0.2) is 48.4 Å². The van der Waals surface area contributed by atoms with Crippen molar-refractivity contribution in [2.45, 2.75) is 36.0 Å². The number of hydrogen-bond acceptors (Lipinski definition) is 4. The van der Waals surface area contributed by atoms with Crippen molar-refractivity contribution < 1.29 is 9.53 Å². The SMILES string of the molecule is Cc1ccc2c(c1)CC(C(=O)N1CCCOC(CN)C1)S2. The Morgan fingerprint density at radius 3 is 3.19 bits per heavy atom. The normalized spacial score (nSPS) is 25.5. The van der Waals surface area contributed by atoms with E-state index in [0.29, 0.717) is 19.7 Å². The molecule has 0 bridgehead atoms. The van der Waals surface area contributed by atoms with E-state index in [1.165, 1.54) is 16.0 Å². The zero-order valence-corrected chi connectivity index (χ0v) is 13.2. The Labute approximate surface area is 130 Å². The molecule has 2 N–H and O–H groups in total. The lowest BCUT2D eigenvalue weighted by atomic mass is 10.1. The van der Waals surface area contributed by atoms with E-state index in [4.69, 9.17) is 10.5 Å². The number of aryl methyl sites for hydroxylation is 1. The number of rotatable bonds is 2. The summed E-state index contributed by atoms with van der Waals surface area (Å²) in [5.74, 6) is 0.234. The molecule has 1 aromatic rings. The van der Waals surface area contributed by atoms with E-state index in [1.807, 2.05) is 4.90 Å². The van der Waals surface area contributed by atoms with Crippen molar-refractivity contribution in [2.24, 2.45) is 5.73 Å². The fraction of sp³-hybridized carbons (Fsp3) is 0.562. The van der Waals surface area contributed by atoms with E-state index in [-0.39, 0.29) is 17.3 Å². The fourth-order valence-corrected chi connectivity index (χ4v) is 4.22. The Balaban J connectivity index is 1.69. The molecular formula is C16H22N2O2S. The van der Waals surface area contributed by atoms with Gasteiger partial charge in [-0.25, -0.2) is 0 Å². The molecule has 4 nitrogen and oxygen atoms in total. The highest BCUT2D eigenvalue weighted by Gasteiger charge is 2.33. The van der Waals surface area contributed by atoms with Gasteiger partial charge in [-0.15, -0.1) is 11.8 Å². The maximum atomic E-state index is 12.8. The predicted molar refractivity (Wildman–Crippen MR) is 84.5 cm³/mol. The number of nitrogens with zero attached hydrogens (tertiary/aromatic N) is 1. The van der Waals surface area contributed by atoms with Crippen LogP contribution in [0.25, 0.3) is 0 Å². The molecule has 114 valence electrons. The van der Waals surface area contributed by atoms with Gasteiger partial charge in [0.15, 0.2) is 0 Å². The van der Waals surface area contributed by atoms with Crippen LogP contribution >= 0.6 is 11.8 Å². The summed E-state index contributed by atoms with van der Waals surface area (Å²) in [6.07, 6.45) is 1.71. The molecule has 1 aromatic carbocycles. The van der Waals surface area contributed by atoms with Gasteiger partial charge in [0.25, 0.3) is 0 Å². The summed E-state index contributed by atoms with van der Waals surface area (Å²) >= 11 is 1.70. The van der Waals surface area contributed by atoms with E-state index in [2.05, 4.69) is 25.1 Å². The Bertz CT molecular complexity index is 535. The van der Waals surface area contributed by atoms with Crippen LogP contribution in [-0.2, 0) is 16.0 Å². The summed E-state index contributed by atoms with van der Waals surface area (Å²) in [5, 5.41) is 0.0123. The van der Waals surface area contributed by atoms with Gasteiger partial charge in [-0.2, -0.15) is 0 Å². The third kappa shape index (κ3) is 3.25. The van der Waals surface area contributed by atoms with Gasteiger partial charge in [0, 0.05) is 31.1 Å². The molecule has 2 atom stereocenters. The lowest BCUT2D eigenvalue weighted by molar-refractivity contribution is -0.131. The van der Waals surface area contributed by atoms with Gasteiger partial charge in [0.1, 0.15) is 0 Å². The highest BCUT2D eigenvalue weighted by molar-refractivity contribution is 8.01. The first-order valence-electron chi connectivity index (χ1n) is 7.54. The lowest BCUT2D eigenvalue weighted by Gasteiger charge is -2.25. The molecular weight excluding hydrogens is 284 g/mol. The maximum absolute atomic E-state index is 12.8. The van der Waals surface area contributed by atoms with Gasteiger partial charge in [-0.05, 0) is 31.4 Å². The smallest absolute Gasteiger partial charge is 0.236 e. The van der Waals surface area contributed by atoms with Gasteiger partial charge in [0.2, 0.25) is 5.91 Å². The topological polar surface area (TPSA) is 55.6 Å². The first-order chi connectivity index (χ1) is 10.2. The number of ether oxygens (including phenoxy) is 1. The molecule has 0 aromatic heterocycles. The summed E-state index contributed by atoms with van der Waals surface area (Å²) in [7, 11) is 0. The van der Waals surface area contributed by atoms with Crippen LogP contribution in [0.3, 0.4) is 0 Å². The largest absolute Gasteiger partial charge is 0.375 e. The van der Waals surface area contributed by atoms with E-state index in [1.54, 1.807) is 11.8 Å². The third-order valence-electron chi connectivity index (χ3n) is 4.09. The van der Waals surface area contributed by atoms with Crippen LogP contribution < -0.4 is 5.73 Å². The van der Waals surface area contributed by atoms with Crippen molar-refractivity contribution in [3.05, 3.63) is 29.3 Å². The van der Waals surface area contributed by atoms with Crippen LogP contribution in [0.4, 0.5) is 0 Å². The van der Waals surface area contributed by atoms with E-state index in [9.17, 15) is 4.79 Å². The highest BCUT2D eigenvalue weighted by atomic mass is 32.2. The molecule has 2 heterocycles. The molecule has 0 saturated carbocycles. The molecule has 3 rings (SSSR count). The minimum atomic E-state index is -0.0209. The number of carbonyl (C=O) groups is 1. The second-order valence-corrected chi connectivity index (χ2v) is 7.03. The summed E-state index contributed by atoms with van der Waals surface area (Å²) in [5.41, 5.74) is 8.27. The van der Waals surface area contributed by atoms with Crippen LogP contribution in [0, 0.1) is 6.92 Å². The zero-order chi connectivity index (χ0) is 14.8. The van der Waals surface area contributed by atoms with Gasteiger partial charge < -0.3 is 15.4 Å². The van der Waals surface area contributed by atoms with Crippen molar-refractivity contribution in [1.82, 2.24) is 4.90 Å². The summed E-state index contributed by atoms with van der Waals surface area (Å²) in [6.45, 7) is 4.67. The van der Waals surface area contributed by atoms with Crippen molar-refractivity contribution in [3.63, 3.8) is 0 Å². The highest BCUT2D eigenvalue weighted by Crippen LogP contribution is 2.38. The summed E-state index contributed by atoms with van der Waals surface area (Å²) in [6, 6.07) is 6.45. The molecule has 2 aliphatic rings. The minimum Gasteiger partial charge on any atom is -0.375 e. The monoisotopic (exact) mass is 306 g/mol. The number of fused-ring (bicyclic) bond motifs is 1. The van der Waals surface area contributed by atoms with Crippen molar-refractivity contribution >= 4 is 17.7 Å². The average molecular weight is 306 g/mol. The lowest BCUT2D eigenvalue weighted by Crippen LogP contribution is -2.43. The van der Waals surface area contributed by atoms with Crippen molar-refractivity contribution in [2.75, 3.05) is 26.2 Å². The number of benzene rings is 1. The van der Waals surface area contributed by atoms with Crippen molar-refractivity contribution in [3.8, 4) is 0 Å². The summed E-state index contributed by atoms with van der Waals surface area (Å²) < 4.78 is 5.65. The number of carbonyl (C=O) groups excluding carboxylic acids is 1. The Kier molecular flexibility index (Phi) is 4.52. The van der Waals surface area contributed by atoms with E-state index in [0.717, 1.165) is 19.4 Å². The molecule has 0 aliphatic carbocycles. The second-order valence-electron chi connectivity index (χ2n) is 5.79. The predicted octanol–water partition coefficient (Wildman–Crippen LogP) is 1.59. The summed E-state index contributed by atoms with van der Waals surface area (Å²) in [4.78, 5) is 16.0. The van der Waals surface area contributed by atoms with E-state index >= 15 is 0 Å². The van der Waals surface area contributed by atoms with Gasteiger partial charge in [-0.1, -0.05) is 17.7 Å². The van der Waals surface area contributed by atoms with Crippen molar-refractivity contribution in [1.29, 1.82) is 0 Å². The quantitative estimate of drug-likeness (QED) is 0.901. The second kappa shape index (κ2) is 6.38. The number of thioether (sulfide) groups is 1. The van der Waals surface area contributed by atoms with Crippen LogP contribution in [0.5, 0.6) is 0 Å². The number of amides is 1. The Hall–Kier alpha value is -1.04. The molecule has 21 heavy (non-hydrogen) atoms. The van der Waals surface area contributed by atoms with Crippen LogP contribution in [0.15, 0.2) is 23.1 Å². The third-order valence-corrected chi connectivity index (χ3v) is 5.40. The Morgan fingerprint density at radius 2 is 2.38 bits per heavy atom. The molecule has 0 radical (unpaired) electrons. The van der Waals surface area contributed by atoms with Crippen LogP contribution in [0.1, 0.15) is 17.5 Å². The molecule has 0 spiro atoms. The van der Waals surface area contributed by atoms with Crippen LogP contribution in [0.2, 0.25) is 0 Å². The number of hydrogen-bond donors (Lipinski definition) is 1. The first kappa shape index (κ1) is 14.9. The zero-order valence-electron chi connectivity index (χ0n) is 12.4. The van der Waals surface area contributed by atoms with E-state index < -0.39 is 0 Å². The maximum Gasteiger partial charge on any atom is 0.236 e. The molecule has 1 fully saturated rings.